The maximum atomic E-state index is 5.86. The highest BCUT2D eigenvalue weighted by Crippen LogP contribution is 2.36. The van der Waals surface area contributed by atoms with Crippen LogP contribution >= 0.6 is 12.2 Å². The minimum Gasteiger partial charge on any atom is -0.367 e. The van der Waals surface area contributed by atoms with Crippen molar-refractivity contribution in [2.24, 2.45) is 0 Å². The van der Waals surface area contributed by atoms with Crippen molar-refractivity contribution in [3.8, 4) is 0 Å². The zero-order valence-electron chi connectivity index (χ0n) is 10.9. The van der Waals surface area contributed by atoms with Gasteiger partial charge in [-0.05, 0) is 44.6 Å². The molecule has 1 aliphatic heterocycles. The van der Waals surface area contributed by atoms with Gasteiger partial charge in [0.25, 0.3) is 0 Å². The highest BCUT2D eigenvalue weighted by molar-refractivity contribution is 7.71. The van der Waals surface area contributed by atoms with Gasteiger partial charge in [-0.25, -0.2) is 4.98 Å². The lowest BCUT2D eigenvalue weighted by Gasteiger charge is -2.23. The minimum absolute atomic E-state index is 0.262. The van der Waals surface area contributed by atoms with Gasteiger partial charge in [0, 0.05) is 12.3 Å². The van der Waals surface area contributed by atoms with Crippen molar-refractivity contribution in [2.75, 3.05) is 6.61 Å². The summed E-state index contributed by atoms with van der Waals surface area (Å²) in [6.07, 6.45) is 7.33. The first-order valence-corrected chi connectivity index (χ1v) is 7.34. The van der Waals surface area contributed by atoms with Gasteiger partial charge in [-0.15, -0.1) is 0 Å². The van der Waals surface area contributed by atoms with E-state index in [9.17, 15) is 0 Å². The van der Waals surface area contributed by atoms with Crippen LogP contribution in [0.1, 0.15) is 62.9 Å². The van der Waals surface area contributed by atoms with E-state index in [4.69, 9.17) is 17.0 Å². The molecule has 1 N–H and O–H groups in total. The van der Waals surface area contributed by atoms with E-state index in [0.29, 0.717) is 10.6 Å². The van der Waals surface area contributed by atoms with Crippen LogP contribution in [0.25, 0.3) is 0 Å². The molecule has 4 heteroatoms. The molecular formula is C14H20N2OS. The molecule has 0 amide bonds. The average Bonchev–Trinajstić information content (AvgIpc) is 2.99. The molecule has 1 saturated carbocycles. The first-order chi connectivity index (χ1) is 8.67. The zero-order chi connectivity index (χ0) is 12.6. The van der Waals surface area contributed by atoms with Gasteiger partial charge < -0.3 is 9.72 Å². The number of ether oxygens (including phenoxy) is 1. The molecule has 3 nitrogen and oxygen atoms in total. The normalized spacial score (nSPS) is 28.9. The topological polar surface area (TPSA) is 37.9 Å². The Balaban J connectivity index is 1.97. The summed E-state index contributed by atoms with van der Waals surface area (Å²) < 4.78 is 6.56. The predicted molar refractivity (Wildman–Crippen MR) is 73.2 cm³/mol. The number of hydrogen-bond donors (Lipinski definition) is 1. The highest BCUT2D eigenvalue weighted by Gasteiger charge is 2.34. The predicted octanol–water partition coefficient (Wildman–Crippen LogP) is 3.82. The molecule has 0 aromatic carbocycles. The van der Waals surface area contributed by atoms with Gasteiger partial charge in [-0.2, -0.15) is 0 Å². The number of aromatic nitrogens is 2. The van der Waals surface area contributed by atoms with Crippen LogP contribution in [-0.4, -0.2) is 16.6 Å². The Labute approximate surface area is 113 Å². The summed E-state index contributed by atoms with van der Waals surface area (Å²) in [6.45, 7) is 2.94. The summed E-state index contributed by atoms with van der Waals surface area (Å²) in [5, 5.41) is 0. The van der Waals surface area contributed by atoms with Gasteiger partial charge in [0.05, 0.1) is 0 Å². The number of nitrogens with zero attached hydrogens (tertiary/aromatic N) is 1. The van der Waals surface area contributed by atoms with Crippen LogP contribution in [0.5, 0.6) is 0 Å². The largest absolute Gasteiger partial charge is 0.367 e. The van der Waals surface area contributed by atoms with Crippen molar-refractivity contribution in [1.29, 1.82) is 0 Å². The van der Waals surface area contributed by atoms with Gasteiger partial charge in [0.1, 0.15) is 16.1 Å². The summed E-state index contributed by atoms with van der Waals surface area (Å²) in [6, 6.07) is 2.03. The van der Waals surface area contributed by atoms with Gasteiger partial charge in [0.15, 0.2) is 0 Å². The average molecular weight is 264 g/mol. The van der Waals surface area contributed by atoms with E-state index >= 15 is 0 Å². The van der Waals surface area contributed by atoms with Crippen LogP contribution in [0.15, 0.2) is 6.07 Å². The number of H-pyrrole nitrogens is 1. The molecule has 3 rings (SSSR count). The molecule has 1 atom stereocenters. The standard InChI is InChI=1S/C14H20N2OS/c1-14(7-4-8-17-14)13-15-11(9-12(18)16-13)10-5-2-3-6-10/h9-10H,2-8H2,1H3,(H,15,16,18). The Kier molecular flexibility index (Phi) is 3.24. The van der Waals surface area contributed by atoms with Crippen LogP contribution in [-0.2, 0) is 10.3 Å². The van der Waals surface area contributed by atoms with E-state index in [0.717, 1.165) is 25.3 Å². The first kappa shape index (κ1) is 12.3. The lowest BCUT2D eigenvalue weighted by Crippen LogP contribution is -2.24. The molecule has 1 unspecified atom stereocenters. The second-order valence-electron chi connectivity index (χ2n) is 5.69. The van der Waals surface area contributed by atoms with Crippen LogP contribution in [0.3, 0.4) is 0 Å². The summed E-state index contributed by atoms with van der Waals surface area (Å²) in [5.74, 6) is 1.56. The molecule has 1 aromatic rings. The third-order valence-electron chi connectivity index (χ3n) is 4.28. The minimum atomic E-state index is -0.262. The van der Waals surface area contributed by atoms with Crippen molar-refractivity contribution in [1.82, 2.24) is 9.97 Å². The Morgan fingerprint density at radius 1 is 1.39 bits per heavy atom. The van der Waals surface area contributed by atoms with E-state index < -0.39 is 0 Å². The van der Waals surface area contributed by atoms with E-state index in [1.54, 1.807) is 0 Å². The monoisotopic (exact) mass is 264 g/mol. The quantitative estimate of drug-likeness (QED) is 0.825. The lowest BCUT2D eigenvalue weighted by atomic mass is 10.00. The van der Waals surface area contributed by atoms with Crippen LogP contribution in [0.4, 0.5) is 0 Å². The highest BCUT2D eigenvalue weighted by atomic mass is 32.1. The van der Waals surface area contributed by atoms with Gasteiger partial charge in [-0.3, -0.25) is 0 Å². The number of nitrogens with one attached hydrogen (secondary N) is 1. The summed E-state index contributed by atoms with van der Waals surface area (Å²) >= 11 is 5.32. The molecule has 0 bridgehead atoms. The van der Waals surface area contributed by atoms with E-state index in [1.807, 2.05) is 6.07 Å². The zero-order valence-corrected chi connectivity index (χ0v) is 11.7. The maximum absolute atomic E-state index is 5.86. The molecule has 2 fully saturated rings. The van der Waals surface area contributed by atoms with Gasteiger partial charge in [-0.1, -0.05) is 25.1 Å². The second-order valence-corrected chi connectivity index (χ2v) is 6.11. The Bertz CT molecular complexity index is 485. The fraction of sp³-hybridized carbons (Fsp3) is 0.714. The third kappa shape index (κ3) is 2.24. The molecule has 1 aromatic heterocycles. The van der Waals surface area contributed by atoms with E-state index in [-0.39, 0.29) is 5.60 Å². The molecule has 0 radical (unpaired) electrons. The Morgan fingerprint density at radius 2 is 2.17 bits per heavy atom. The fourth-order valence-electron chi connectivity index (χ4n) is 3.15. The maximum Gasteiger partial charge on any atom is 0.140 e. The van der Waals surface area contributed by atoms with Gasteiger partial charge in [0.2, 0.25) is 0 Å². The Hall–Kier alpha value is -0.740. The van der Waals surface area contributed by atoms with Crippen molar-refractivity contribution in [3.05, 3.63) is 22.2 Å². The SMILES string of the molecule is CC1(c2nc(=S)cc(C3CCCC3)[nH]2)CCCO1. The number of rotatable bonds is 2. The smallest absolute Gasteiger partial charge is 0.140 e. The molecule has 2 aliphatic rings. The van der Waals surface area contributed by atoms with E-state index in [2.05, 4.69) is 16.9 Å². The van der Waals surface area contributed by atoms with Gasteiger partial charge >= 0.3 is 0 Å². The molecule has 2 heterocycles. The Morgan fingerprint density at radius 3 is 2.83 bits per heavy atom. The summed E-state index contributed by atoms with van der Waals surface area (Å²) in [5.41, 5.74) is 1.00. The van der Waals surface area contributed by atoms with Crippen LogP contribution in [0, 0.1) is 4.64 Å². The molecule has 1 aliphatic carbocycles. The molecule has 1 saturated heterocycles. The van der Waals surface area contributed by atoms with Crippen molar-refractivity contribution in [3.63, 3.8) is 0 Å². The number of hydrogen-bond acceptors (Lipinski definition) is 3. The molecule has 98 valence electrons. The second kappa shape index (κ2) is 4.74. The summed E-state index contributed by atoms with van der Waals surface area (Å²) in [7, 11) is 0. The first-order valence-electron chi connectivity index (χ1n) is 6.93. The molecule has 18 heavy (non-hydrogen) atoms. The van der Waals surface area contributed by atoms with Crippen molar-refractivity contribution >= 4 is 12.2 Å². The third-order valence-corrected chi connectivity index (χ3v) is 4.49. The number of aromatic amines is 1. The van der Waals surface area contributed by atoms with Crippen LogP contribution in [0.2, 0.25) is 0 Å². The van der Waals surface area contributed by atoms with Crippen molar-refractivity contribution in [2.45, 2.75) is 57.0 Å². The molecule has 0 spiro atoms. The molecular weight excluding hydrogens is 244 g/mol. The fourth-order valence-corrected chi connectivity index (χ4v) is 3.37. The van der Waals surface area contributed by atoms with Crippen molar-refractivity contribution < 1.29 is 4.74 Å². The summed E-state index contributed by atoms with van der Waals surface area (Å²) in [4.78, 5) is 8.00. The van der Waals surface area contributed by atoms with Crippen LogP contribution < -0.4 is 0 Å². The van der Waals surface area contributed by atoms with E-state index in [1.165, 1.54) is 31.4 Å². The lowest BCUT2D eigenvalue weighted by molar-refractivity contribution is 0.00900.